The van der Waals surface area contributed by atoms with Gasteiger partial charge in [0, 0.05) is 5.69 Å². The van der Waals surface area contributed by atoms with Crippen molar-refractivity contribution in [1.82, 2.24) is 10.2 Å². The van der Waals surface area contributed by atoms with Gasteiger partial charge in [-0.15, -0.1) is 0 Å². The number of nitrogen functional groups attached to an aromatic ring is 1. The molecule has 0 spiro atoms. The molecule has 0 aromatic carbocycles. The lowest BCUT2D eigenvalue weighted by atomic mass is 10.2. The highest BCUT2D eigenvalue weighted by atomic mass is 16.3. The highest BCUT2D eigenvalue weighted by Gasteiger charge is 2.12. The Morgan fingerprint density at radius 3 is 2.62 bits per heavy atom. The largest absolute Gasteiger partial charge is 0.461 e. The molecule has 2 aromatic rings. The van der Waals surface area contributed by atoms with Crippen LogP contribution in [0.1, 0.15) is 11.5 Å². The smallest absolute Gasteiger partial charge is 0.156 e. The van der Waals surface area contributed by atoms with Crippen LogP contribution in [0.25, 0.3) is 11.3 Å². The summed E-state index contributed by atoms with van der Waals surface area (Å²) in [5.41, 5.74) is 7.46. The molecule has 0 radical (unpaired) electrons. The van der Waals surface area contributed by atoms with Gasteiger partial charge in [-0.1, -0.05) is 0 Å². The summed E-state index contributed by atoms with van der Waals surface area (Å²) in [6.07, 6.45) is 0. The molecule has 0 fully saturated rings. The molecule has 3 N–H and O–H groups in total. The van der Waals surface area contributed by atoms with Gasteiger partial charge in [0.2, 0.25) is 0 Å². The van der Waals surface area contributed by atoms with Crippen LogP contribution in [-0.4, -0.2) is 10.2 Å². The van der Waals surface area contributed by atoms with E-state index in [-0.39, 0.29) is 0 Å². The van der Waals surface area contributed by atoms with Crippen molar-refractivity contribution in [2.75, 3.05) is 5.73 Å². The maximum atomic E-state index is 5.68. The van der Waals surface area contributed by atoms with Crippen LogP contribution < -0.4 is 5.73 Å². The average Bonchev–Trinajstić information content (AvgIpc) is 2.60. The number of nitrogens with two attached hydrogens (primary N) is 1. The minimum atomic E-state index is 0.479. The molecular formula is C9H11N3O. The first-order valence-electron chi connectivity index (χ1n) is 4.05. The van der Waals surface area contributed by atoms with Gasteiger partial charge in [-0.2, -0.15) is 5.10 Å². The van der Waals surface area contributed by atoms with Gasteiger partial charge in [-0.05, 0) is 26.0 Å². The summed E-state index contributed by atoms with van der Waals surface area (Å²) in [5.74, 6) is 2.11. The third-order valence-corrected chi connectivity index (χ3v) is 1.96. The van der Waals surface area contributed by atoms with E-state index >= 15 is 0 Å². The zero-order valence-electron chi connectivity index (χ0n) is 7.59. The van der Waals surface area contributed by atoms with Crippen molar-refractivity contribution in [3.05, 3.63) is 23.6 Å². The number of nitrogens with one attached hydrogen (secondary N) is 1. The van der Waals surface area contributed by atoms with Gasteiger partial charge in [-0.3, -0.25) is 5.10 Å². The van der Waals surface area contributed by atoms with E-state index in [1.54, 1.807) is 0 Å². The molecule has 0 atom stereocenters. The lowest BCUT2D eigenvalue weighted by molar-refractivity contribution is 0.548. The van der Waals surface area contributed by atoms with Crippen LogP contribution in [-0.2, 0) is 0 Å². The van der Waals surface area contributed by atoms with E-state index in [0.29, 0.717) is 5.82 Å². The number of rotatable bonds is 1. The van der Waals surface area contributed by atoms with Crippen LogP contribution >= 0.6 is 0 Å². The molecule has 0 amide bonds. The Kier molecular flexibility index (Phi) is 1.62. The van der Waals surface area contributed by atoms with E-state index in [9.17, 15) is 0 Å². The van der Waals surface area contributed by atoms with Crippen LogP contribution in [0.4, 0.5) is 5.82 Å². The second-order valence-electron chi connectivity index (χ2n) is 3.02. The lowest BCUT2D eigenvalue weighted by Crippen LogP contribution is -1.86. The van der Waals surface area contributed by atoms with Crippen molar-refractivity contribution in [2.24, 2.45) is 0 Å². The highest BCUT2D eigenvalue weighted by Crippen LogP contribution is 2.28. The number of furan rings is 1. The molecule has 2 heterocycles. The number of hydrogen-bond donors (Lipinski definition) is 2. The molecule has 0 saturated heterocycles. The van der Waals surface area contributed by atoms with Gasteiger partial charge in [0.1, 0.15) is 11.5 Å². The van der Waals surface area contributed by atoms with Crippen molar-refractivity contribution >= 4 is 5.82 Å². The molecule has 0 aliphatic rings. The molecule has 4 nitrogen and oxygen atoms in total. The maximum absolute atomic E-state index is 5.68. The van der Waals surface area contributed by atoms with E-state index in [4.69, 9.17) is 10.2 Å². The van der Waals surface area contributed by atoms with Gasteiger partial charge in [0.15, 0.2) is 5.82 Å². The van der Waals surface area contributed by atoms with Gasteiger partial charge < -0.3 is 10.2 Å². The van der Waals surface area contributed by atoms with Crippen molar-refractivity contribution in [1.29, 1.82) is 0 Å². The van der Waals surface area contributed by atoms with Gasteiger partial charge in [0.25, 0.3) is 0 Å². The first-order valence-corrected chi connectivity index (χ1v) is 4.05. The molecule has 2 rings (SSSR count). The SMILES string of the molecule is Cc1ccc(-c2c(N)n[nH]c2C)o1. The van der Waals surface area contributed by atoms with E-state index < -0.39 is 0 Å². The van der Waals surface area contributed by atoms with Crippen LogP contribution in [0.2, 0.25) is 0 Å². The van der Waals surface area contributed by atoms with Crippen molar-refractivity contribution in [3.63, 3.8) is 0 Å². The number of nitrogens with zero attached hydrogens (tertiary/aromatic N) is 1. The van der Waals surface area contributed by atoms with E-state index in [1.165, 1.54) is 0 Å². The van der Waals surface area contributed by atoms with Crippen molar-refractivity contribution in [3.8, 4) is 11.3 Å². The second-order valence-corrected chi connectivity index (χ2v) is 3.02. The van der Waals surface area contributed by atoms with Crippen molar-refractivity contribution in [2.45, 2.75) is 13.8 Å². The Hall–Kier alpha value is -1.71. The van der Waals surface area contributed by atoms with Crippen LogP contribution in [0, 0.1) is 13.8 Å². The molecule has 0 unspecified atom stereocenters. The second kappa shape index (κ2) is 2.65. The number of anilines is 1. The summed E-state index contributed by atoms with van der Waals surface area (Å²) >= 11 is 0. The zero-order valence-corrected chi connectivity index (χ0v) is 7.59. The first kappa shape index (κ1) is 7.91. The summed E-state index contributed by atoms with van der Waals surface area (Å²) in [4.78, 5) is 0. The predicted molar refractivity (Wildman–Crippen MR) is 50.2 cm³/mol. The summed E-state index contributed by atoms with van der Waals surface area (Å²) < 4.78 is 5.45. The Balaban J connectivity index is 2.57. The number of hydrogen-bond acceptors (Lipinski definition) is 3. The van der Waals surface area contributed by atoms with Gasteiger partial charge in [0.05, 0.1) is 5.56 Å². The molecule has 0 aliphatic carbocycles. The predicted octanol–water partition coefficient (Wildman–Crippen LogP) is 1.87. The summed E-state index contributed by atoms with van der Waals surface area (Å²) in [6.45, 7) is 3.81. The highest BCUT2D eigenvalue weighted by molar-refractivity contribution is 5.72. The fourth-order valence-corrected chi connectivity index (χ4v) is 1.33. The monoisotopic (exact) mass is 177 g/mol. The van der Waals surface area contributed by atoms with E-state index in [1.807, 2.05) is 26.0 Å². The standard InChI is InChI=1S/C9H11N3O/c1-5-3-4-7(13-5)8-6(2)11-12-9(8)10/h3-4H,1-2H3,(H3,10,11,12). The third-order valence-electron chi connectivity index (χ3n) is 1.96. The normalized spacial score (nSPS) is 10.6. The molecule has 4 heteroatoms. The summed E-state index contributed by atoms with van der Waals surface area (Å²) in [5, 5.41) is 6.70. The van der Waals surface area contributed by atoms with E-state index in [2.05, 4.69) is 10.2 Å². The third kappa shape index (κ3) is 1.20. The van der Waals surface area contributed by atoms with Gasteiger partial charge in [-0.25, -0.2) is 0 Å². The molecule has 13 heavy (non-hydrogen) atoms. The molecular weight excluding hydrogens is 166 g/mol. The first-order chi connectivity index (χ1) is 6.18. The quantitative estimate of drug-likeness (QED) is 0.698. The minimum Gasteiger partial charge on any atom is -0.461 e. The fourth-order valence-electron chi connectivity index (χ4n) is 1.33. The Morgan fingerprint density at radius 1 is 1.38 bits per heavy atom. The average molecular weight is 177 g/mol. The summed E-state index contributed by atoms with van der Waals surface area (Å²) in [6, 6.07) is 3.80. The molecule has 0 bridgehead atoms. The number of aryl methyl sites for hydroxylation is 2. The van der Waals surface area contributed by atoms with Crippen LogP contribution in [0.15, 0.2) is 16.5 Å². The molecule has 0 saturated carbocycles. The van der Waals surface area contributed by atoms with Crippen LogP contribution in [0.3, 0.4) is 0 Å². The Bertz CT molecular complexity index is 408. The maximum Gasteiger partial charge on any atom is 0.156 e. The number of aromatic nitrogens is 2. The summed E-state index contributed by atoms with van der Waals surface area (Å²) in [7, 11) is 0. The molecule has 68 valence electrons. The minimum absolute atomic E-state index is 0.479. The van der Waals surface area contributed by atoms with E-state index in [0.717, 1.165) is 22.8 Å². The molecule has 2 aromatic heterocycles. The topological polar surface area (TPSA) is 67.8 Å². The van der Waals surface area contributed by atoms with Gasteiger partial charge >= 0.3 is 0 Å². The Labute approximate surface area is 75.7 Å². The van der Waals surface area contributed by atoms with Crippen molar-refractivity contribution < 1.29 is 4.42 Å². The number of H-pyrrole nitrogens is 1. The number of aromatic amines is 1. The molecule has 0 aliphatic heterocycles. The van der Waals surface area contributed by atoms with Crippen LogP contribution in [0.5, 0.6) is 0 Å². The Morgan fingerprint density at radius 2 is 2.15 bits per heavy atom. The zero-order chi connectivity index (χ0) is 9.42. The fraction of sp³-hybridized carbons (Fsp3) is 0.222. The lowest BCUT2D eigenvalue weighted by Gasteiger charge is -1.94.